The highest BCUT2D eigenvalue weighted by molar-refractivity contribution is 5.87. The molecule has 0 spiro atoms. The fourth-order valence-electron chi connectivity index (χ4n) is 1.05. The van der Waals surface area contributed by atoms with Gasteiger partial charge in [0.25, 0.3) is 0 Å². The van der Waals surface area contributed by atoms with E-state index in [4.69, 9.17) is 0 Å². The van der Waals surface area contributed by atoms with Crippen LogP contribution in [0.5, 0.6) is 0 Å². The summed E-state index contributed by atoms with van der Waals surface area (Å²) < 4.78 is 0. The summed E-state index contributed by atoms with van der Waals surface area (Å²) in [5, 5.41) is 3.27. The second kappa shape index (κ2) is 1.47. The van der Waals surface area contributed by atoms with Crippen LogP contribution in [0.2, 0.25) is 0 Å². The summed E-state index contributed by atoms with van der Waals surface area (Å²) >= 11 is 0. The first-order chi connectivity index (χ1) is 3.97. The fourth-order valence-corrected chi connectivity index (χ4v) is 1.05. The van der Waals surface area contributed by atoms with Gasteiger partial charge in [-0.2, -0.15) is 0 Å². The maximum absolute atomic E-state index is 4.30. The summed E-state index contributed by atoms with van der Waals surface area (Å²) in [7, 11) is 0. The summed E-state index contributed by atoms with van der Waals surface area (Å²) in [6, 6.07) is 0. The van der Waals surface area contributed by atoms with Gasteiger partial charge in [0.1, 0.15) is 0 Å². The van der Waals surface area contributed by atoms with Gasteiger partial charge in [-0.15, -0.1) is 0 Å². The van der Waals surface area contributed by atoms with Crippen LogP contribution < -0.4 is 5.32 Å². The largest absolute Gasteiger partial charge is 0.372 e. The predicted molar refractivity (Wildman–Crippen MR) is 33.0 cm³/mol. The second-order valence-electron chi connectivity index (χ2n) is 2.47. The van der Waals surface area contributed by atoms with Crippen molar-refractivity contribution in [2.24, 2.45) is 10.9 Å². The van der Waals surface area contributed by atoms with Crippen LogP contribution in [-0.2, 0) is 0 Å². The zero-order chi connectivity index (χ0) is 5.40. The lowest BCUT2D eigenvalue weighted by molar-refractivity contribution is 0.943. The van der Waals surface area contributed by atoms with E-state index in [-0.39, 0.29) is 0 Å². The summed E-state index contributed by atoms with van der Waals surface area (Å²) in [5.74, 6) is 2.11. The summed E-state index contributed by atoms with van der Waals surface area (Å²) in [6.45, 7) is 2.08. The van der Waals surface area contributed by atoms with Crippen molar-refractivity contribution in [3.63, 3.8) is 0 Å². The minimum absolute atomic E-state index is 0.831. The number of hydrogen-bond donors (Lipinski definition) is 1. The van der Waals surface area contributed by atoms with Crippen molar-refractivity contribution in [3.8, 4) is 0 Å². The molecule has 1 fully saturated rings. The Morgan fingerprint density at radius 3 is 2.88 bits per heavy atom. The first-order valence-corrected chi connectivity index (χ1v) is 3.25. The van der Waals surface area contributed by atoms with Gasteiger partial charge in [0.15, 0.2) is 0 Å². The van der Waals surface area contributed by atoms with Gasteiger partial charge in [0, 0.05) is 12.5 Å². The van der Waals surface area contributed by atoms with E-state index in [9.17, 15) is 0 Å². The Labute approximate surface area is 49.0 Å². The molecule has 1 aliphatic carbocycles. The van der Waals surface area contributed by atoms with Crippen molar-refractivity contribution < 1.29 is 0 Å². The summed E-state index contributed by atoms with van der Waals surface area (Å²) in [5.41, 5.74) is 0. The number of nitrogens with zero attached hydrogens (tertiary/aromatic N) is 1. The molecule has 0 bridgehead atoms. The molecule has 44 valence electrons. The Kier molecular flexibility index (Phi) is 0.802. The first-order valence-electron chi connectivity index (χ1n) is 3.25. The maximum Gasteiger partial charge on any atom is 0.0995 e. The molecule has 8 heavy (non-hydrogen) atoms. The first kappa shape index (κ1) is 4.36. The Bertz CT molecular complexity index is 124. The minimum atomic E-state index is 0.831. The van der Waals surface area contributed by atoms with Crippen molar-refractivity contribution in [2.75, 3.05) is 13.1 Å². The van der Waals surface area contributed by atoms with Gasteiger partial charge in [-0.1, -0.05) is 0 Å². The van der Waals surface area contributed by atoms with E-state index in [2.05, 4.69) is 10.3 Å². The lowest BCUT2D eigenvalue weighted by Crippen LogP contribution is -2.19. The quantitative estimate of drug-likeness (QED) is 0.519. The molecule has 0 unspecified atom stereocenters. The molecule has 1 aliphatic heterocycles. The summed E-state index contributed by atoms with van der Waals surface area (Å²) in [4.78, 5) is 4.30. The number of nitrogens with one attached hydrogen (secondary N) is 1. The van der Waals surface area contributed by atoms with Gasteiger partial charge in [-0.3, -0.25) is 4.99 Å². The molecule has 2 nitrogen and oxygen atoms in total. The van der Waals surface area contributed by atoms with E-state index in [1.54, 1.807) is 0 Å². The third-order valence-electron chi connectivity index (χ3n) is 1.66. The van der Waals surface area contributed by atoms with E-state index >= 15 is 0 Å². The minimum Gasteiger partial charge on any atom is -0.372 e. The molecule has 2 heteroatoms. The molecule has 0 aromatic rings. The average Bonchev–Trinajstić information content (AvgIpc) is 2.49. The lowest BCUT2D eigenvalue weighted by atomic mass is 10.4. The molecule has 0 aromatic heterocycles. The molecule has 0 atom stereocenters. The van der Waals surface area contributed by atoms with Crippen molar-refractivity contribution in [3.05, 3.63) is 0 Å². The molecule has 0 radical (unpaired) electrons. The van der Waals surface area contributed by atoms with Gasteiger partial charge in [-0.25, -0.2) is 0 Å². The highest BCUT2D eigenvalue weighted by Crippen LogP contribution is 2.30. The normalized spacial score (nSPS) is 27.2. The highest BCUT2D eigenvalue weighted by atomic mass is 15.1. The van der Waals surface area contributed by atoms with Gasteiger partial charge in [-0.05, 0) is 12.8 Å². The SMILES string of the molecule is C1CNC(C2CC2)=N1. The number of hydrogen-bond acceptors (Lipinski definition) is 2. The Morgan fingerprint density at radius 2 is 2.38 bits per heavy atom. The van der Waals surface area contributed by atoms with Gasteiger partial charge in [0.2, 0.25) is 0 Å². The van der Waals surface area contributed by atoms with Crippen LogP contribution in [0.4, 0.5) is 0 Å². The molecular formula is C6H10N2. The summed E-state index contributed by atoms with van der Waals surface area (Å²) in [6.07, 6.45) is 2.73. The third-order valence-corrected chi connectivity index (χ3v) is 1.66. The van der Waals surface area contributed by atoms with E-state index in [1.165, 1.54) is 18.7 Å². The molecule has 0 amide bonds. The van der Waals surface area contributed by atoms with Crippen LogP contribution in [0.1, 0.15) is 12.8 Å². The smallest absolute Gasteiger partial charge is 0.0995 e. The van der Waals surface area contributed by atoms with Crippen molar-refractivity contribution >= 4 is 5.84 Å². The zero-order valence-corrected chi connectivity index (χ0v) is 4.85. The van der Waals surface area contributed by atoms with Crippen LogP contribution >= 0.6 is 0 Å². The molecule has 2 aliphatic rings. The van der Waals surface area contributed by atoms with Crippen molar-refractivity contribution in [1.29, 1.82) is 0 Å². The van der Waals surface area contributed by atoms with Crippen molar-refractivity contribution in [1.82, 2.24) is 5.32 Å². The Balaban J connectivity index is 2.02. The van der Waals surface area contributed by atoms with E-state index < -0.39 is 0 Å². The molecule has 1 heterocycles. The van der Waals surface area contributed by atoms with Crippen molar-refractivity contribution in [2.45, 2.75) is 12.8 Å². The monoisotopic (exact) mass is 110 g/mol. The Hall–Kier alpha value is -0.530. The molecular weight excluding hydrogens is 100 g/mol. The second-order valence-corrected chi connectivity index (χ2v) is 2.47. The fraction of sp³-hybridized carbons (Fsp3) is 0.833. The third kappa shape index (κ3) is 0.602. The van der Waals surface area contributed by atoms with Crippen LogP contribution in [-0.4, -0.2) is 18.9 Å². The number of amidine groups is 1. The maximum atomic E-state index is 4.30. The van der Waals surface area contributed by atoms with E-state index in [0.29, 0.717) is 0 Å². The molecule has 0 aromatic carbocycles. The average molecular weight is 110 g/mol. The standard InChI is InChI=1S/C6H10N2/c1-2-5(1)6-7-3-4-8-6/h5H,1-4H2,(H,7,8). The Morgan fingerprint density at radius 1 is 1.50 bits per heavy atom. The van der Waals surface area contributed by atoms with Crippen LogP contribution in [0, 0.1) is 5.92 Å². The zero-order valence-electron chi connectivity index (χ0n) is 4.85. The van der Waals surface area contributed by atoms with Gasteiger partial charge < -0.3 is 5.32 Å². The lowest BCUT2D eigenvalue weighted by Gasteiger charge is -1.94. The molecule has 0 saturated heterocycles. The van der Waals surface area contributed by atoms with E-state index in [1.807, 2.05) is 0 Å². The van der Waals surface area contributed by atoms with Crippen LogP contribution in [0.15, 0.2) is 4.99 Å². The van der Waals surface area contributed by atoms with Crippen LogP contribution in [0.3, 0.4) is 0 Å². The van der Waals surface area contributed by atoms with E-state index in [0.717, 1.165) is 19.0 Å². The molecule has 1 N–H and O–H groups in total. The van der Waals surface area contributed by atoms with Gasteiger partial charge in [0.05, 0.1) is 12.4 Å². The van der Waals surface area contributed by atoms with Gasteiger partial charge >= 0.3 is 0 Å². The number of aliphatic imine (C=N–C) groups is 1. The molecule has 1 saturated carbocycles. The number of rotatable bonds is 1. The highest BCUT2D eigenvalue weighted by Gasteiger charge is 2.28. The van der Waals surface area contributed by atoms with Crippen LogP contribution in [0.25, 0.3) is 0 Å². The molecule has 2 rings (SSSR count). The topological polar surface area (TPSA) is 24.4 Å². The predicted octanol–water partition coefficient (Wildman–Crippen LogP) is 0.398.